The maximum atomic E-state index is 11.7. The number of likely N-dealkylation sites (N-methyl/N-ethyl adjacent to an activating group) is 1. The van der Waals surface area contributed by atoms with Crippen LogP contribution in [0.5, 0.6) is 0 Å². The van der Waals surface area contributed by atoms with Gasteiger partial charge in [-0.3, -0.25) is 0 Å². The highest BCUT2D eigenvalue weighted by atomic mass is 16.6. The van der Waals surface area contributed by atoms with E-state index in [-0.39, 0.29) is 6.09 Å². The normalized spacial score (nSPS) is 31.5. The first-order valence-corrected chi connectivity index (χ1v) is 5.82. The molecule has 0 aliphatic carbocycles. The first-order valence-electron chi connectivity index (χ1n) is 5.82. The molecule has 0 aromatic carbocycles. The molecule has 2 unspecified atom stereocenters. The van der Waals surface area contributed by atoms with E-state index in [4.69, 9.17) is 4.74 Å². The van der Waals surface area contributed by atoms with Gasteiger partial charge in [-0.25, -0.2) is 4.79 Å². The topological polar surface area (TPSA) is 32.8 Å². The third kappa shape index (κ3) is 2.25. The molecular formula is C11H20N2O2. The fourth-order valence-corrected chi connectivity index (χ4v) is 2.75. The van der Waals surface area contributed by atoms with Crippen LogP contribution in [0.15, 0.2) is 0 Å². The second-order valence-electron chi connectivity index (χ2n) is 4.67. The quantitative estimate of drug-likeness (QED) is 0.654. The summed E-state index contributed by atoms with van der Waals surface area (Å²) >= 11 is 0. The molecular weight excluding hydrogens is 192 g/mol. The van der Waals surface area contributed by atoms with Crippen LogP contribution in [-0.2, 0) is 4.74 Å². The van der Waals surface area contributed by atoms with Crippen LogP contribution in [0.25, 0.3) is 0 Å². The van der Waals surface area contributed by atoms with Crippen LogP contribution in [0, 0.1) is 5.92 Å². The number of piperidine rings is 1. The van der Waals surface area contributed by atoms with Crippen LogP contribution in [0.1, 0.15) is 19.8 Å². The van der Waals surface area contributed by atoms with Crippen LogP contribution < -0.4 is 0 Å². The van der Waals surface area contributed by atoms with E-state index in [1.165, 1.54) is 6.42 Å². The molecule has 0 aromatic heterocycles. The Kier molecular flexibility index (Phi) is 3.14. The number of fused-ring (bicyclic) bond motifs is 4. The van der Waals surface area contributed by atoms with Gasteiger partial charge in [-0.05, 0) is 32.7 Å². The summed E-state index contributed by atoms with van der Waals surface area (Å²) in [4.78, 5) is 16.0. The van der Waals surface area contributed by atoms with E-state index >= 15 is 0 Å². The molecule has 3 fully saturated rings. The summed E-state index contributed by atoms with van der Waals surface area (Å²) < 4.78 is 5.09. The molecule has 0 saturated carbocycles. The van der Waals surface area contributed by atoms with Crippen molar-refractivity contribution in [3.8, 4) is 0 Å². The Balaban J connectivity index is 2.04. The number of hydrogen-bond acceptors (Lipinski definition) is 3. The van der Waals surface area contributed by atoms with E-state index in [2.05, 4.69) is 11.9 Å². The third-order valence-electron chi connectivity index (χ3n) is 3.40. The third-order valence-corrected chi connectivity index (χ3v) is 3.40. The molecule has 0 aromatic rings. The summed E-state index contributed by atoms with van der Waals surface area (Å²) in [6.07, 6.45) is 2.26. The zero-order chi connectivity index (χ0) is 10.8. The largest absolute Gasteiger partial charge is 0.450 e. The monoisotopic (exact) mass is 212 g/mol. The van der Waals surface area contributed by atoms with E-state index in [0.717, 1.165) is 26.1 Å². The Hall–Kier alpha value is -0.770. The van der Waals surface area contributed by atoms with E-state index < -0.39 is 0 Å². The lowest BCUT2D eigenvalue weighted by atomic mass is 9.95. The van der Waals surface area contributed by atoms with E-state index in [0.29, 0.717) is 18.6 Å². The highest BCUT2D eigenvalue weighted by Crippen LogP contribution is 2.27. The average molecular weight is 212 g/mol. The summed E-state index contributed by atoms with van der Waals surface area (Å²) in [5.74, 6) is 0.637. The van der Waals surface area contributed by atoms with Gasteiger partial charge in [0.1, 0.15) is 0 Å². The molecule has 1 amide bonds. The van der Waals surface area contributed by atoms with Crippen molar-refractivity contribution < 1.29 is 9.53 Å². The van der Waals surface area contributed by atoms with Gasteiger partial charge < -0.3 is 14.5 Å². The minimum absolute atomic E-state index is 0.123. The number of ether oxygens (including phenoxy) is 1. The molecule has 3 heterocycles. The second-order valence-corrected chi connectivity index (χ2v) is 4.67. The first kappa shape index (κ1) is 10.7. The lowest BCUT2D eigenvalue weighted by Crippen LogP contribution is -2.47. The lowest BCUT2D eigenvalue weighted by Gasteiger charge is -2.35. The Bertz CT molecular complexity index is 245. The number of amides is 1. The molecule has 3 aliphatic rings. The van der Waals surface area contributed by atoms with Gasteiger partial charge >= 0.3 is 6.09 Å². The van der Waals surface area contributed by atoms with Crippen molar-refractivity contribution in [1.82, 2.24) is 9.80 Å². The number of rotatable bonds is 1. The van der Waals surface area contributed by atoms with E-state index in [1.807, 2.05) is 11.8 Å². The van der Waals surface area contributed by atoms with Crippen molar-refractivity contribution in [2.75, 3.05) is 33.3 Å². The highest BCUT2D eigenvalue weighted by Gasteiger charge is 2.36. The van der Waals surface area contributed by atoms with Gasteiger partial charge in [-0.1, -0.05) is 0 Å². The maximum absolute atomic E-state index is 11.7. The molecule has 15 heavy (non-hydrogen) atoms. The number of carbonyl (C=O) groups excluding carboxylic acids is 1. The van der Waals surface area contributed by atoms with Gasteiger partial charge in [0.2, 0.25) is 0 Å². The molecule has 3 aliphatic heterocycles. The van der Waals surface area contributed by atoms with E-state index in [1.54, 1.807) is 0 Å². The van der Waals surface area contributed by atoms with Gasteiger partial charge in [-0.15, -0.1) is 0 Å². The van der Waals surface area contributed by atoms with Gasteiger partial charge in [-0.2, -0.15) is 0 Å². The van der Waals surface area contributed by atoms with Gasteiger partial charge in [0.05, 0.1) is 6.61 Å². The van der Waals surface area contributed by atoms with Crippen LogP contribution in [0.3, 0.4) is 0 Å². The fourth-order valence-electron chi connectivity index (χ4n) is 2.75. The van der Waals surface area contributed by atoms with Gasteiger partial charge in [0.25, 0.3) is 0 Å². The maximum Gasteiger partial charge on any atom is 0.410 e. The summed E-state index contributed by atoms with van der Waals surface area (Å²) in [6.45, 7) is 5.33. The molecule has 86 valence electrons. The Morgan fingerprint density at radius 3 is 2.87 bits per heavy atom. The number of hydrogen-bond donors (Lipinski definition) is 0. The van der Waals surface area contributed by atoms with Crippen molar-refractivity contribution in [1.29, 1.82) is 0 Å². The van der Waals surface area contributed by atoms with Crippen LogP contribution in [0.4, 0.5) is 4.79 Å². The predicted molar refractivity (Wildman–Crippen MR) is 57.7 cm³/mol. The Labute approximate surface area is 91.2 Å². The van der Waals surface area contributed by atoms with Crippen LogP contribution >= 0.6 is 0 Å². The second kappa shape index (κ2) is 4.39. The summed E-state index contributed by atoms with van der Waals surface area (Å²) in [6, 6.07) is 0.368. The number of carbonyl (C=O) groups is 1. The summed E-state index contributed by atoms with van der Waals surface area (Å²) in [5.41, 5.74) is 0. The molecule has 0 N–H and O–H groups in total. The first-order chi connectivity index (χ1) is 7.20. The van der Waals surface area contributed by atoms with Crippen molar-refractivity contribution >= 4 is 6.09 Å². The van der Waals surface area contributed by atoms with Crippen LogP contribution in [-0.4, -0.2) is 55.2 Å². The van der Waals surface area contributed by atoms with Gasteiger partial charge in [0, 0.05) is 25.7 Å². The zero-order valence-electron chi connectivity index (χ0n) is 9.61. The Morgan fingerprint density at radius 2 is 2.13 bits per heavy atom. The summed E-state index contributed by atoms with van der Waals surface area (Å²) in [5, 5.41) is 0. The fraction of sp³-hybridized carbons (Fsp3) is 0.909. The minimum atomic E-state index is -0.123. The molecule has 2 atom stereocenters. The smallest absolute Gasteiger partial charge is 0.410 e. The van der Waals surface area contributed by atoms with Crippen molar-refractivity contribution in [3.05, 3.63) is 0 Å². The molecule has 3 rings (SSSR count). The molecule has 3 saturated heterocycles. The zero-order valence-corrected chi connectivity index (χ0v) is 9.61. The molecule has 0 spiro atoms. The molecule has 2 bridgehead atoms. The number of nitrogens with zero attached hydrogens (tertiary/aromatic N) is 2. The Morgan fingerprint density at radius 1 is 1.33 bits per heavy atom. The van der Waals surface area contributed by atoms with E-state index in [9.17, 15) is 4.79 Å². The summed E-state index contributed by atoms with van der Waals surface area (Å²) in [7, 11) is 2.14. The van der Waals surface area contributed by atoms with Crippen LogP contribution in [0.2, 0.25) is 0 Å². The molecule has 4 nitrogen and oxygen atoms in total. The molecule has 4 heteroatoms. The standard InChI is InChI=1S/C11H20N2O2/c1-3-15-11(14)13-7-9-4-5-10(13)8-12(2)6-9/h9-10H,3-8H2,1-2H3. The van der Waals surface area contributed by atoms with Crippen molar-refractivity contribution in [3.63, 3.8) is 0 Å². The van der Waals surface area contributed by atoms with Crippen molar-refractivity contribution in [2.24, 2.45) is 5.92 Å². The minimum Gasteiger partial charge on any atom is -0.450 e. The van der Waals surface area contributed by atoms with Crippen molar-refractivity contribution in [2.45, 2.75) is 25.8 Å². The predicted octanol–water partition coefficient (Wildman–Crippen LogP) is 1.17. The highest BCUT2D eigenvalue weighted by molar-refractivity contribution is 5.68. The van der Waals surface area contributed by atoms with Gasteiger partial charge in [0.15, 0.2) is 0 Å². The lowest BCUT2D eigenvalue weighted by molar-refractivity contribution is 0.0717. The molecule has 0 radical (unpaired) electrons. The average Bonchev–Trinajstić information content (AvgIpc) is 2.46. The SMILES string of the molecule is CCOC(=O)N1CC2CCC1CN(C)C2.